The lowest BCUT2D eigenvalue weighted by molar-refractivity contribution is 0.251. The van der Waals surface area contributed by atoms with Gasteiger partial charge in [-0.05, 0) is 19.9 Å². The summed E-state index contributed by atoms with van der Waals surface area (Å²) in [5.74, 6) is 1.66. The van der Waals surface area contributed by atoms with Crippen LogP contribution in [0.2, 0.25) is 0 Å². The lowest BCUT2D eigenvalue weighted by Gasteiger charge is -2.27. The fraction of sp³-hybridized carbons (Fsp3) is 0.733. The standard InChI is InChI=1S/C15H27N5O/c1-19(13-5-3-4-6-13)8-9-20(2)15-11-14(16-7-10-21)17-12-18-15/h11-13,21H,3-10H2,1-2H3,(H,16,17,18). The van der Waals surface area contributed by atoms with Crippen molar-refractivity contribution in [2.24, 2.45) is 0 Å². The molecule has 0 aromatic carbocycles. The van der Waals surface area contributed by atoms with Crippen molar-refractivity contribution in [2.45, 2.75) is 31.7 Å². The topological polar surface area (TPSA) is 64.5 Å². The zero-order valence-electron chi connectivity index (χ0n) is 13.1. The molecule has 1 saturated carbocycles. The first-order chi connectivity index (χ1) is 10.2. The Hall–Kier alpha value is -1.40. The molecule has 1 aromatic heterocycles. The summed E-state index contributed by atoms with van der Waals surface area (Å²) in [6.07, 6.45) is 6.98. The minimum Gasteiger partial charge on any atom is -0.395 e. The van der Waals surface area contributed by atoms with Crippen LogP contribution in [0.4, 0.5) is 11.6 Å². The van der Waals surface area contributed by atoms with E-state index >= 15 is 0 Å². The van der Waals surface area contributed by atoms with Crippen LogP contribution in [0.25, 0.3) is 0 Å². The van der Waals surface area contributed by atoms with Crippen molar-refractivity contribution in [1.29, 1.82) is 0 Å². The summed E-state index contributed by atoms with van der Waals surface area (Å²) in [5, 5.41) is 11.9. The van der Waals surface area contributed by atoms with E-state index in [1.165, 1.54) is 25.7 Å². The Bertz CT molecular complexity index is 422. The van der Waals surface area contributed by atoms with E-state index in [1.807, 2.05) is 6.07 Å². The van der Waals surface area contributed by atoms with Gasteiger partial charge in [0.15, 0.2) is 0 Å². The predicted molar refractivity (Wildman–Crippen MR) is 85.8 cm³/mol. The van der Waals surface area contributed by atoms with Gasteiger partial charge in [0, 0.05) is 38.8 Å². The Morgan fingerprint density at radius 3 is 2.71 bits per heavy atom. The molecule has 1 aromatic rings. The third kappa shape index (κ3) is 4.82. The van der Waals surface area contributed by atoms with Gasteiger partial charge in [0.05, 0.1) is 6.61 Å². The Morgan fingerprint density at radius 1 is 1.24 bits per heavy atom. The molecule has 0 unspecified atom stereocenters. The zero-order valence-corrected chi connectivity index (χ0v) is 13.1. The lowest BCUT2D eigenvalue weighted by Crippen LogP contribution is -2.36. The number of anilines is 2. The highest BCUT2D eigenvalue weighted by molar-refractivity contribution is 5.47. The maximum Gasteiger partial charge on any atom is 0.133 e. The second-order valence-electron chi connectivity index (χ2n) is 5.75. The summed E-state index contributed by atoms with van der Waals surface area (Å²) < 4.78 is 0. The number of rotatable bonds is 8. The second kappa shape index (κ2) is 8.14. The number of aliphatic hydroxyl groups is 1. The molecular weight excluding hydrogens is 266 g/mol. The molecule has 0 atom stereocenters. The molecular formula is C15H27N5O. The molecule has 0 bridgehead atoms. The number of nitrogens with zero attached hydrogens (tertiary/aromatic N) is 4. The predicted octanol–water partition coefficient (Wildman–Crippen LogP) is 1.19. The largest absolute Gasteiger partial charge is 0.395 e. The minimum atomic E-state index is 0.0986. The highest BCUT2D eigenvalue weighted by Crippen LogP contribution is 2.22. The Kier molecular flexibility index (Phi) is 6.20. The van der Waals surface area contributed by atoms with E-state index in [1.54, 1.807) is 6.33 Å². The molecule has 0 aliphatic heterocycles. The Labute approximate surface area is 127 Å². The van der Waals surface area contributed by atoms with E-state index in [-0.39, 0.29) is 6.61 Å². The van der Waals surface area contributed by atoms with Gasteiger partial charge in [-0.3, -0.25) is 0 Å². The smallest absolute Gasteiger partial charge is 0.133 e. The van der Waals surface area contributed by atoms with Crippen molar-refractivity contribution in [3.05, 3.63) is 12.4 Å². The van der Waals surface area contributed by atoms with Crippen molar-refractivity contribution < 1.29 is 5.11 Å². The van der Waals surface area contributed by atoms with Crippen LogP contribution in [0.15, 0.2) is 12.4 Å². The maximum absolute atomic E-state index is 8.83. The SMILES string of the molecule is CN(CCN(C)C1CCCC1)c1cc(NCCO)ncn1. The quantitative estimate of drug-likeness (QED) is 0.751. The van der Waals surface area contributed by atoms with Gasteiger partial charge in [-0.2, -0.15) is 0 Å². The van der Waals surface area contributed by atoms with E-state index in [0.717, 1.165) is 30.8 Å². The Balaban J connectivity index is 1.83. The number of aliphatic hydroxyl groups excluding tert-OH is 1. The fourth-order valence-electron chi connectivity index (χ4n) is 2.79. The van der Waals surface area contributed by atoms with Gasteiger partial charge in [0.25, 0.3) is 0 Å². The molecule has 1 aliphatic rings. The molecule has 6 nitrogen and oxygen atoms in total. The number of hydrogen-bond acceptors (Lipinski definition) is 6. The van der Waals surface area contributed by atoms with Crippen molar-refractivity contribution in [2.75, 3.05) is 50.6 Å². The van der Waals surface area contributed by atoms with Crippen molar-refractivity contribution in [3.63, 3.8) is 0 Å². The van der Waals surface area contributed by atoms with Crippen molar-refractivity contribution >= 4 is 11.6 Å². The molecule has 0 amide bonds. The summed E-state index contributed by atoms with van der Waals surface area (Å²) in [7, 11) is 4.28. The van der Waals surface area contributed by atoms with E-state index in [0.29, 0.717) is 6.54 Å². The van der Waals surface area contributed by atoms with Gasteiger partial charge in [-0.15, -0.1) is 0 Å². The van der Waals surface area contributed by atoms with Crippen LogP contribution >= 0.6 is 0 Å². The molecule has 0 spiro atoms. The molecule has 0 saturated heterocycles. The summed E-state index contributed by atoms with van der Waals surface area (Å²) in [6.45, 7) is 2.60. The van der Waals surface area contributed by atoms with Crippen LogP contribution in [-0.2, 0) is 0 Å². The van der Waals surface area contributed by atoms with Crippen LogP contribution in [-0.4, -0.2) is 66.4 Å². The highest BCUT2D eigenvalue weighted by atomic mass is 16.3. The molecule has 1 heterocycles. The summed E-state index contributed by atoms with van der Waals surface area (Å²) >= 11 is 0. The van der Waals surface area contributed by atoms with Crippen LogP contribution in [0, 0.1) is 0 Å². The second-order valence-corrected chi connectivity index (χ2v) is 5.75. The molecule has 2 rings (SSSR count). The van der Waals surface area contributed by atoms with Crippen LogP contribution in [0.1, 0.15) is 25.7 Å². The third-order valence-electron chi connectivity index (χ3n) is 4.20. The summed E-state index contributed by atoms with van der Waals surface area (Å²) in [5.41, 5.74) is 0. The number of hydrogen-bond donors (Lipinski definition) is 2. The lowest BCUT2D eigenvalue weighted by atomic mass is 10.2. The first-order valence-corrected chi connectivity index (χ1v) is 7.79. The first kappa shape index (κ1) is 16.0. The highest BCUT2D eigenvalue weighted by Gasteiger charge is 2.19. The average molecular weight is 293 g/mol. The minimum absolute atomic E-state index is 0.0986. The molecule has 1 fully saturated rings. The third-order valence-corrected chi connectivity index (χ3v) is 4.20. The summed E-state index contributed by atoms with van der Waals surface area (Å²) in [6, 6.07) is 2.68. The van der Waals surface area contributed by atoms with Crippen LogP contribution in [0.5, 0.6) is 0 Å². The van der Waals surface area contributed by atoms with Gasteiger partial charge in [-0.1, -0.05) is 12.8 Å². The molecule has 1 aliphatic carbocycles. The number of likely N-dealkylation sites (N-methyl/N-ethyl adjacent to an activating group) is 2. The molecule has 0 radical (unpaired) electrons. The Morgan fingerprint density at radius 2 is 2.00 bits per heavy atom. The zero-order chi connectivity index (χ0) is 15.1. The monoisotopic (exact) mass is 293 g/mol. The van der Waals surface area contributed by atoms with Gasteiger partial charge >= 0.3 is 0 Å². The van der Waals surface area contributed by atoms with Gasteiger partial charge in [0.1, 0.15) is 18.0 Å². The summed E-state index contributed by atoms with van der Waals surface area (Å²) in [4.78, 5) is 13.1. The van der Waals surface area contributed by atoms with E-state index in [2.05, 4.69) is 39.2 Å². The molecule has 118 valence electrons. The average Bonchev–Trinajstić information content (AvgIpc) is 3.05. The maximum atomic E-state index is 8.83. The van der Waals surface area contributed by atoms with Crippen molar-refractivity contribution in [3.8, 4) is 0 Å². The van der Waals surface area contributed by atoms with Gasteiger partial charge in [0.2, 0.25) is 0 Å². The fourth-order valence-corrected chi connectivity index (χ4v) is 2.79. The molecule has 6 heteroatoms. The number of aromatic nitrogens is 2. The van der Waals surface area contributed by atoms with Gasteiger partial charge < -0.3 is 20.2 Å². The molecule has 21 heavy (non-hydrogen) atoms. The van der Waals surface area contributed by atoms with E-state index in [4.69, 9.17) is 5.11 Å². The first-order valence-electron chi connectivity index (χ1n) is 7.79. The van der Waals surface area contributed by atoms with Crippen LogP contribution in [0.3, 0.4) is 0 Å². The van der Waals surface area contributed by atoms with Crippen molar-refractivity contribution in [1.82, 2.24) is 14.9 Å². The number of nitrogens with one attached hydrogen (secondary N) is 1. The van der Waals surface area contributed by atoms with E-state index < -0.39 is 0 Å². The van der Waals surface area contributed by atoms with Gasteiger partial charge in [-0.25, -0.2) is 9.97 Å². The van der Waals surface area contributed by atoms with E-state index in [9.17, 15) is 0 Å². The molecule has 2 N–H and O–H groups in total. The van der Waals surface area contributed by atoms with Crippen LogP contribution < -0.4 is 10.2 Å². The normalized spacial score (nSPS) is 15.6.